The van der Waals surface area contributed by atoms with Crippen LogP contribution < -0.4 is 45.9 Å². The second-order valence-electron chi connectivity index (χ2n) is 4.76. The summed E-state index contributed by atoms with van der Waals surface area (Å²) in [6.07, 6.45) is 0. The Bertz CT molecular complexity index is 829. The first-order valence-corrected chi connectivity index (χ1v) is 6.21. The largest absolute Gasteiger partial charge is 0.398 e. The zero-order chi connectivity index (χ0) is 16.6. The van der Waals surface area contributed by atoms with Crippen LogP contribution in [0.15, 0.2) is 12.1 Å². The molecular formula is C14H18N8. The topological polar surface area (TPSA) is 208 Å². The molecule has 2 aromatic rings. The van der Waals surface area contributed by atoms with Gasteiger partial charge in [-0.15, -0.1) is 0 Å². The van der Waals surface area contributed by atoms with Gasteiger partial charge in [-0.2, -0.15) is 0 Å². The second-order valence-corrected chi connectivity index (χ2v) is 4.76. The molecule has 0 atom stereocenters. The maximum absolute atomic E-state index is 5.88. The molecule has 0 spiro atoms. The van der Waals surface area contributed by atoms with Crippen molar-refractivity contribution in [1.29, 1.82) is 0 Å². The van der Waals surface area contributed by atoms with Crippen molar-refractivity contribution in [2.75, 3.05) is 45.9 Å². The lowest BCUT2D eigenvalue weighted by atomic mass is 10.1. The molecule has 0 aromatic heterocycles. The minimum Gasteiger partial charge on any atom is -0.398 e. The van der Waals surface area contributed by atoms with Crippen molar-refractivity contribution in [2.45, 2.75) is 0 Å². The summed E-state index contributed by atoms with van der Waals surface area (Å²) in [6.45, 7) is 0. The SMILES string of the molecule is Nc1cc(C#Cc2c(N)cc(N)c(N)c2N)c(N)c(N)c1N. The van der Waals surface area contributed by atoms with Crippen molar-refractivity contribution in [1.82, 2.24) is 0 Å². The minimum atomic E-state index is 0.182. The second kappa shape index (κ2) is 5.06. The Morgan fingerprint density at radius 2 is 1.05 bits per heavy atom. The van der Waals surface area contributed by atoms with Gasteiger partial charge in [-0.25, -0.2) is 0 Å². The molecular weight excluding hydrogens is 280 g/mol. The number of hydrogen-bond donors (Lipinski definition) is 8. The van der Waals surface area contributed by atoms with E-state index in [0.29, 0.717) is 22.5 Å². The van der Waals surface area contributed by atoms with Gasteiger partial charge in [0.05, 0.1) is 56.6 Å². The Morgan fingerprint density at radius 3 is 1.68 bits per heavy atom. The highest BCUT2D eigenvalue weighted by Crippen LogP contribution is 2.33. The van der Waals surface area contributed by atoms with E-state index >= 15 is 0 Å². The molecule has 2 rings (SSSR count). The maximum atomic E-state index is 5.88. The molecule has 0 radical (unpaired) electrons. The molecule has 0 unspecified atom stereocenters. The van der Waals surface area contributed by atoms with Crippen molar-refractivity contribution >= 4 is 45.5 Å². The number of hydrogen-bond acceptors (Lipinski definition) is 8. The number of nitrogens with two attached hydrogens (primary N) is 8. The lowest BCUT2D eigenvalue weighted by molar-refractivity contribution is 1.58. The molecule has 0 heterocycles. The Labute approximate surface area is 127 Å². The van der Waals surface area contributed by atoms with Gasteiger partial charge in [-0.3, -0.25) is 0 Å². The van der Waals surface area contributed by atoms with Crippen LogP contribution in [0.3, 0.4) is 0 Å². The molecule has 0 fully saturated rings. The minimum absolute atomic E-state index is 0.182. The van der Waals surface area contributed by atoms with Crippen LogP contribution in [0, 0.1) is 11.8 Å². The summed E-state index contributed by atoms with van der Waals surface area (Å²) in [7, 11) is 0. The summed E-state index contributed by atoms with van der Waals surface area (Å²) in [4.78, 5) is 0. The van der Waals surface area contributed by atoms with Crippen LogP contribution in [0.25, 0.3) is 0 Å². The van der Waals surface area contributed by atoms with Crippen LogP contribution in [0.1, 0.15) is 11.1 Å². The molecule has 22 heavy (non-hydrogen) atoms. The predicted octanol–water partition coefficient (Wildman–Crippen LogP) is -0.256. The average molecular weight is 298 g/mol. The van der Waals surface area contributed by atoms with E-state index in [0.717, 1.165) is 0 Å². The van der Waals surface area contributed by atoms with Gasteiger partial charge in [-0.1, -0.05) is 11.8 Å². The van der Waals surface area contributed by atoms with E-state index < -0.39 is 0 Å². The Balaban J connectivity index is 2.60. The third-order valence-electron chi connectivity index (χ3n) is 3.27. The van der Waals surface area contributed by atoms with Gasteiger partial charge in [0.25, 0.3) is 0 Å². The standard InChI is InChI=1S/C14H18N8/c15-7-4-9(17)12(20)11(19)6(7)2-1-5-3-8(16)13(21)14(22)10(5)18/h3-4H,15-22H2. The molecule has 0 saturated carbocycles. The fourth-order valence-electron chi connectivity index (χ4n) is 1.89. The molecule has 114 valence electrons. The van der Waals surface area contributed by atoms with Crippen LogP contribution in [0.4, 0.5) is 45.5 Å². The highest BCUT2D eigenvalue weighted by molar-refractivity contribution is 5.91. The Morgan fingerprint density at radius 1 is 0.500 bits per heavy atom. The number of nitrogen functional groups attached to an aromatic ring is 8. The Kier molecular flexibility index (Phi) is 3.41. The first-order valence-electron chi connectivity index (χ1n) is 6.21. The Hall–Kier alpha value is -3.60. The van der Waals surface area contributed by atoms with Gasteiger partial charge in [-0.05, 0) is 12.1 Å². The fraction of sp³-hybridized carbons (Fsp3) is 0. The molecule has 0 aliphatic rings. The number of rotatable bonds is 0. The van der Waals surface area contributed by atoms with E-state index in [9.17, 15) is 0 Å². The van der Waals surface area contributed by atoms with E-state index in [1.165, 1.54) is 12.1 Å². The summed E-state index contributed by atoms with van der Waals surface area (Å²) in [5.74, 6) is 5.63. The molecule has 0 bridgehead atoms. The van der Waals surface area contributed by atoms with E-state index in [-0.39, 0.29) is 34.1 Å². The normalized spacial score (nSPS) is 10.0. The smallest absolute Gasteiger partial charge is 0.0815 e. The van der Waals surface area contributed by atoms with Crippen molar-refractivity contribution in [3.63, 3.8) is 0 Å². The van der Waals surface area contributed by atoms with Crippen LogP contribution in [0.5, 0.6) is 0 Å². The summed E-state index contributed by atoms with van der Waals surface area (Å²) >= 11 is 0. The molecule has 8 heteroatoms. The molecule has 0 amide bonds. The van der Waals surface area contributed by atoms with Gasteiger partial charge in [0.2, 0.25) is 0 Å². The lowest BCUT2D eigenvalue weighted by Gasteiger charge is -2.10. The van der Waals surface area contributed by atoms with Crippen LogP contribution in [-0.4, -0.2) is 0 Å². The summed E-state index contributed by atoms with van der Waals surface area (Å²) in [5.41, 5.74) is 49.0. The van der Waals surface area contributed by atoms with Crippen LogP contribution in [0.2, 0.25) is 0 Å². The van der Waals surface area contributed by atoms with E-state index in [4.69, 9.17) is 45.9 Å². The van der Waals surface area contributed by atoms with Crippen molar-refractivity contribution in [3.05, 3.63) is 23.3 Å². The van der Waals surface area contributed by atoms with E-state index in [1.807, 2.05) is 0 Å². The van der Waals surface area contributed by atoms with Gasteiger partial charge in [0.15, 0.2) is 0 Å². The third kappa shape index (κ3) is 2.27. The van der Waals surface area contributed by atoms with Crippen LogP contribution >= 0.6 is 0 Å². The predicted molar refractivity (Wildman–Crippen MR) is 94.2 cm³/mol. The first-order chi connectivity index (χ1) is 10.2. The molecule has 2 aromatic carbocycles. The summed E-state index contributed by atoms with van der Waals surface area (Å²) < 4.78 is 0. The first kappa shape index (κ1) is 14.8. The van der Waals surface area contributed by atoms with Crippen molar-refractivity contribution in [2.24, 2.45) is 0 Å². The molecule has 0 aliphatic carbocycles. The highest BCUT2D eigenvalue weighted by atomic mass is 14.8. The molecule has 16 N–H and O–H groups in total. The fourth-order valence-corrected chi connectivity index (χ4v) is 1.89. The number of anilines is 8. The van der Waals surface area contributed by atoms with Crippen molar-refractivity contribution in [3.8, 4) is 11.8 Å². The van der Waals surface area contributed by atoms with Gasteiger partial charge in [0.1, 0.15) is 0 Å². The van der Waals surface area contributed by atoms with E-state index in [2.05, 4.69) is 11.8 Å². The monoisotopic (exact) mass is 298 g/mol. The zero-order valence-electron chi connectivity index (χ0n) is 11.8. The van der Waals surface area contributed by atoms with Gasteiger partial charge >= 0.3 is 0 Å². The molecule has 8 nitrogen and oxygen atoms in total. The zero-order valence-corrected chi connectivity index (χ0v) is 11.8. The van der Waals surface area contributed by atoms with Crippen molar-refractivity contribution < 1.29 is 0 Å². The maximum Gasteiger partial charge on any atom is 0.0815 e. The molecule has 0 saturated heterocycles. The third-order valence-corrected chi connectivity index (χ3v) is 3.27. The quantitative estimate of drug-likeness (QED) is 0.239. The molecule has 0 aliphatic heterocycles. The van der Waals surface area contributed by atoms with Crippen LogP contribution in [-0.2, 0) is 0 Å². The van der Waals surface area contributed by atoms with E-state index in [1.54, 1.807) is 0 Å². The number of benzene rings is 2. The van der Waals surface area contributed by atoms with Gasteiger partial charge in [0, 0.05) is 0 Å². The average Bonchev–Trinajstić information content (AvgIpc) is 2.47. The van der Waals surface area contributed by atoms with Gasteiger partial charge < -0.3 is 45.9 Å². The summed E-state index contributed by atoms with van der Waals surface area (Å²) in [5, 5.41) is 0. The lowest BCUT2D eigenvalue weighted by Crippen LogP contribution is -2.06. The summed E-state index contributed by atoms with van der Waals surface area (Å²) in [6, 6.07) is 3.02. The highest BCUT2D eigenvalue weighted by Gasteiger charge is 2.11.